The van der Waals surface area contributed by atoms with Crippen molar-refractivity contribution in [2.24, 2.45) is 35.0 Å². The largest absolute Gasteiger partial charge is 0.494 e. The molecule has 0 spiro atoms. The first-order valence-electron chi connectivity index (χ1n) is 14.7. The number of ether oxygens (including phenoxy) is 3. The van der Waals surface area contributed by atoms with Gasteiger partial charge in [-0.1, -0.05) is 12.5 Å². The zero-order valence-electron chi connectivity index (χ0n) is 24.8. The third-order valence-electron chi connectivity index (χ3n) is 9.49. The van der Waals surface area contributed by atoms with E-state index in [1.807, 2.05) is 13.8 Å². The third-order valence-corrected chi connectivity index (χ3v) is 9.49. The van der Waals surface area contributed by atoms with E-state index in [1.54, 1.807) is 69.3 Å². The summed E-state index contributed by atoms with van der Waals surface area (Å²) in [6.45, 7) is 9.80. The van der Waals surface area contributed by atoms with Crippen LogP contribution >= 0.6 is 0 Å². The lowest BCUT2D eigenvalue weighted by molar-refractivity contribution is -0.155. The number of nitrogens with zero attached hydrogens (tertiary/aromatic N) is 2. The predicted molar refractivity (Wildman–Crippen MR) is 155 cm³/mol. The van der Waals surface area contributed by atoms with Gasteiger partial charge in [-0.05, 0) is 76.2 Å². The van der Waals surface area contributed by atoms with E-state index < -0.39 is 64.6 Å². The second kappa shape index (κ2) is 10.4. The van der Waals surface area contributed by atoms with Crippen molar-refractivity contribution in [2.45, 2.75) is 34.6 Å². The molecule has 7 rings (SSSR count). The van der Waals surface area contributed by atoms with Crippen molar-refractivity contribution in [3.05, 3.63) is 59.7 Å². The van der Waals surface area contributed by atoms with E-state index in [2.05, 4.69) is 0 Å². The summed E-state index contributed by atoms with van der Waals surface area (Å²) in [7, 11) is 0. The molecule has 4 amide bonds. The minimum absolute atomic E-state index is 0.0922. The molecule has 1 saturated carbocycles. The summed E-state index contributed by atoms with van der Waals surface area (Å²) < 4.78 is 16.5. The average molecular weight is 587 g/mol. The van der Waals surface area contributed by atoms with Crippen LogP contribution < -0.4 is 19.3 Å². The second-order valence-corrected chi connectivity index (χ2v) is 11.5. The summed E-state index contributed by atoms with van der Waals surface area (Å²) in [6.07, 6.45) is 0. The molecule has 6 atom stereocenters. The molecule has 3 aliphatic carbocycles. The third kappa shape index (κ3) is 3.88. The number of rotatable bonds is 8. The summed E-state index contributed by atoms with van der Waals surface area (Å²) in [5.41, 5.74) is 0.00837. The fourth-order valence-corrected chi connectivity index (χ4v) is 8.03. The lowest BCUT2D eigenvalue weighted by Gasteiger charge is -2.55. The highest BCUT2D eigenvalue weighted by Crippen LogP contribution is 2.68. The molecule has 2 aromatic carbocycles. The Bertz CT molecular complexity index is 1470. The first-order chi connectivity index (χ1) is 20.6. The molecule has 0 N–H and O–H groups in total. The molecule has 2 saturated heterocycles. The van der Waals surface area contributed by atoms with E-state index in [0.29, 0.717) is 41.7 Å². The zero-order chi connectivity index (χ0) is 30.8. The molecule has 2 heterocycles. The van der Waals surface area contributed by atoms with E-state index in [1.165, 1.54) is 0 Å². The number of benzene rings is 2. The van der Waals surface area contributed by atoms with Crippen LogP contribution in [0.3, 0.4) is 0 Å². The highest BCUT2D eigenvalue weighted by Gasteiger charge is 2.77. The molecule has 10 heteroatoms. The number of esters is 1. The molecule has 2 aromatic rings. The van der Waals surface area contributed by atoms with Gasteiger partial charge in [0.25, 0.3) is 0 Å². The van der Waals surface area contributed by atoms with Crippen molar-refractivity contribution >= 4 is 41.0 Å². The van der Waals surface area contributed by atoms with Crippen LogP contribution in [-0.4, -0.2) is 49.4 Å². The van der Waals surface area contributed by atoms with E-state index in [-0.39, 0.29) is 12.2 Å². The summed E-state index contributed by atoms with van der Waals surface area (Å²) >= 11 is 0. The monoisotopic (exact) mass is 586 g/mol. The zero-order valence-corrected chi connectivity index (χ0v) is 24.8. The molecular weight excluding hydrogens is 552 g/mol. The van der Waals surface area contributed by atoms with Crippen molar-refractivity contribution in [2.75, 3.05) is 29.6 Å². The Hall–Kier alpha value is -4.47. The molecule has 0 aromatic heterocycles. The Morgan fingerprint density at radius 3 is 1.47 bits per heavy atom. The molecule has 0 radical (unpaired) electrons. The van der Waals surface area contributed by atoms with E-state index in [9.17, 15) is 24.0 Å². The number of allylic oxidation sites excluding steroid dienone is 1. The molecule has 224 valence electrons. The van der Waals surface area contributed by atoms with Crippen molar-refractivity contribution < 1.29 is 38.2 Å². The lowest BCUT2D eigenvalue weighted by Crippen LogP contribution is -2.61. The maximum Gasteiger partial charge on any atom is 0.334 e. The Morgan fingerprint density at radius 1 is 0.674 bits per heavy atom. The fraction of sp³-hybridized carbons (Fsp3) is 0.424. The molecule has 43 heavy (non-hydrogen) atoms. The first kappa shape index (κ1) is 28.6. The van der Waals surface area contributed by atoms with E-state index in [4.69, 9.17) is 14.2 Å². The van der Waals surface area contributed by atoms with Crippen LogP contribution in [0, 0.1) is 35.0 Å². The number of imide groups is 2. The molecule has 3 fully saturated rings. The molecule has 5 aliphatic rings. The lowest BCUT2D eigenvalue weighted by atomic mass is 9.43. The Balaban J connectivity index is 1.47. The van der Waals surface area contributed by atoms with Gasteiger partial charge in [0.05, 0.1) is 54.9 Å². The molecule has 10 nitrogen and oxygen atoms in total. The smallest absolute Gasteiger partial charge is 0.334 e. The van der Waals surface area contributed by atoms with Crippen LogP contribution in [-0.2, 0) is 28.7 Å². The summed E-state index contributed by atoms with van der Waals surface area (Å²) in [5.74, 6) is -6.07. The molecular formula is C33H34N2O8. The highest BCUT2D eigenvalue weighted by atomic mass is 16.5. The number of carbonyl (C=O) groups is 5. The van der Waals surface area contributed by atoms with E-state index in [0.717, 1.165) is 9.80 Å². The predicted octanol–water partition coefficient (Wildman–Crippen LogP) is 3.92. The Kier molecular flexibility index (Phi) is 6.90. The Morgan fingerprint density at radius 2 is 1.09 bits per heavy atom. The fourth-order valence-electron chi connectivity index (χ4n) is 8.03. The van der Waals surface area contributed by atoms with Gasteiger partial charge in [-0.25, -0.2) is 4.79 Å². The maximum atomic E-state index is 14.3. The van der Waals surface area contributed by atoms with Gasteiger partial charge >= 0.3 is 5.97 Å². The molecule has 2 bridgehead atoms. The van der Waals surface area contributed by atoms with Crippen LogP contribution in [0.15, 0.2) is 59.7 Å². The first-order valence-corrected chi connectivity index (χ1v) is 14.7. The van der Waals surface area contributed by atoms with Gasteiger partial charge < -0.3 is 14.2 Å². The summed E-state index contributed by atoms with van der Waals surface area (Å²) in [6, 6.07) is 13.3. The van der Waals surface area contributed by atoms with Gasteiger partial charge in [0.2, 0.25) is 23.6 Å². The van der Waals surface area contributed by atoms with Crippen molar-refractivity contribution in [3.8, 4) is 11.5 Å². The van der Waals surface area contributed by atoms with Gasteiger partial charge in [0, 0.05) is 16.9 Å². The number of hydrogen-bond donors (Lipinski definition) is 0. The van der Waals surface area contributed by atoms with Gasteiger partial charge in [0.1, 0.15) is 11.5 Å². The van der Waals surface area contributed by atoms with Gasteiger partial charge in [-0.15, -0.1) is 0 Å². The molecule has 2 unspecified atom stereocenters. The normalized spacial score (nSPS) is 29.3. The SMILES string of the molecule is CCOC(=O)C1=C(C)C2[C@H]3C(=O)N(c4ccc(OCC)cc4)C(=O)[C@@H]3C1(C)[C@H]1C(=O)N(c3ccc(OCC)cc3)C(=O)[C@@H]21. The van der Waals surface area contributed by atoms with Crippen LogP contribution in [0.4, 0.5) is 11.4 Å². The van der Waals surface area contributed by atoms with Crippen LogP contribution in [0.5, 0.6) is 11.5 Å². The number of carbonyl (C=O) groups excluding carboxylic acids is 5. The topological polar surface area (TPSA) is 120 Å². The quantitative estimate of drug-likeness (QED) is 0.337. The van der Waals surface area contributed by atoms with Crippen molar-refractivity contribution in [1.82, 2.24) is 0 Å². The maximum absolute atomic E-state index is 14.3. The van der Waals surface area contributed by atoms with Crippen LogP contribution in [0.1, 0.15) is 34.6 Å². The molecule has 2 aliphatic heterocycles. The second-order valence-electron chi connectivity index (χ2n) is 11.5. The van der Waals surface area contributed by atoms with Crippen molar-refractivity contribution in [3.63, 3.8) is 0 Å². The minimum Gasteiger partial charge on any atom is -0.494 e. The minimum atomic E-state index is -1.46. The number of amides is 4. The van der Waals surface area contributed by atoms with Gasteiger partial charge in [0.15, 0.2) is 0 Å². The van der Waals surface area contributed by atoms with E-state index >= 15 is 0 Å². The van der Waals surface area contributed by atoms with Gasteiger partial charge in [-0.3, -0.25) is 29.0 Å². The van der Waals surface area contributed by atoms with Crippen molar-refractivity contribution in [1.29, 1.82) is 0 Å². The Labute approximate surface area is 249 Å². The number of hydrogen-bond acceptors (Lipinski definition) is 8. The standard InChI is InChI=1S/C33H34N2O8/c1-6-41-20-13-9-18(10-14-20)34-28(36)23-22-17(4)25(32(40)43-8-3)33(5,26(23)30(34)38)27-24(22)29(37)35(31(27)39)19-11-15-21(16-12-19)42-7-2/h9-16,22-24,26-27H,6-8H2,1-5H3/t22?,23-,24+,26-,27-,33?/m1/s1. The highest BCUT2D eigenvalue weighted by molar-refractivity contribution is 6.27. The van der Waals surface area contributed by atoms with Crippen LogP contribution in [0.25, 0.3) is 0 Å². The number of anilines is 2. The van der Waals surface area contributed by atoms with Crippen LogP contribution in [0.2, 0.25) is 0 Å². The summed E-state index contributed by atoms with van der Waals surface area (Å²) in [5, 5.41) is 0. The summed E-state index contributed by atoms with van der Waals surface area (Å²) in [4.78, 5) is 72.7. The average Bonchev–Trinajstić information content (AvgIpc) is 3.40. The van der Waals surface area contributed by atoms with Gasteiger partial charge in [-0.2, -0.15) is 0 Å².